The van der Waals surface area contributed by atoms with Gasteiger partial charge in [0, 0.05) is 18.0 Å². The van der Waals surface area contributed by atoms with E-state index in [1.54, 1.807) is 31.6 Å². The Balaban J connectivity index is 1.94. The molecule has 5 nitrogen and oxygen atoms in total. The predicted octanol–water partition coefficient (Wildman–Crippen LogP) is 4.77. The van der Waals surface area contributed by atoms with Crippen LogP contribution in [0.2, 0.25) is 0 Å². The molecule has 0 saturated carbocycles. The van der Waals surface area contributed by atoms with E-state index < -0.39 is 0 Å². The number of methoxy groups -OCH3 is 1. The number of hydrogen-bond donors (Lipinski definition) is 1. The van der Waals surface area contributed by atoms with Crippen molar-refractivity contribution in [3.05, 3.63) is 88.2 Å². The number of nitrogens with one attached hydrogen (secondary N) is 1. The summed E-state index contributed by atoms with van der Waals surface area (Å²) in [5.41, 5.74) is 2.41. The SMILES string of the molecule is CCOc1c(Br)cc(C(=O)NC(c2ccccc2)c2ccncc2)cc1OC. The van der Waals surface area contributed by atoms with E-state index in [9.17, 15) is 4.79 Å². The number of carbonyl (C=O) groups is 1. The van der Waals surface area contributed by atoms with Crippen LogP contribution in [0.4, 0.5) is 0 Å². The molecule has 3 rings (SSSR count). The second-order valence-corrected chi connectivity index (χ2v) is 6.87. The van der Waals surface area contributed by atoms with Gasteiger partial charge in [-0.3, -0.25) is 9.78 Å². The summed E-state index contributed by atoms with van der Waals surface area (Å²) in [5.74, 6) is 0.865. The van der Waals surface area contributed by atoms with E-state index in [0.29, 0.717) is 28.1 Å². The number of hydrogen-bond acceptors (Lipinski definition) is 4. The Morgan fingerprint density at radius 3 is 2.43 bits per heavy atom. The van der Waals surface area contributed by atoms with Gasteiger partial charge < -0.3 is 14.8 Å². The smallest absolute Gasteiger partial charge is 0.252 e. The molecule has 0 spiro atoms. The van der Waals surface area contributed by atoms with E-state index in [1.807, 2.05) is 49.4 Å². The summed E-state index contributed by atoms with van der Waals surface area (Å²) in [6.07, 6.45) is 3.43. The number of ether oxygens (including phenoxy) is 2. The fraction of sp³-hybridized carbons (Fsp3) is 0.182. The summed E-state index contributed by atoms with van der Waals surface area (Å²) in [7, 11) is 1.55. The summed E-state index contributed by atoms with van der Waals surface area (Å²) < 4.78 is 11.7. The lowest BCUT2D eigenvalue weighted by molar-refractivity contribution is 0.0942. The molecular formula is C22H21BrN2O3. The fourth-order valence-electron chi connectivity index (χ4n) is 2.91. The van der Waals surface area contributed by atoms with Gasteiger partial charge in [-0.05, 0) is 58.2 Å². The second-order valence-electron chi connectivity index (χ2n) is 6.02. The summed E-state index contributed by atoms with van der Waals surface area (Å²) in [5, 5.41) is 3.11. The third-order valence-electron chi connectivity index (χ3n) is 4.23. The molecule has 1 heterocycles. The van der Waals surface area contributed by atoms with E-state index in [0.717, 1.165) is 11.1 Å². The molecule has 0 saturated heterocycles. The van der Waals surface area contributed by atoms with Crippen LogP contribution in [0.5, 0.6) is 11.5 Å². The maximum atomic E-state index is 13.0. The summed E-state index contributed by atoms with van der Waals surface area (Å²) in [6.45, 7) is 2.39. The molecule has 0 aliphatic heterocycles. The Bertz CT molecular complexity index is 894. The number of carbonyl (C=O) groups excluding carboxylic acids is 1. The van der Waals surface area contributed by atoms with Crippen molar-refractivity contribution in [1.82, 2.24) is 10.3 Å². The molecule has 1 amide bonds. The maximum absolute atomic E-state index is 13.0. The van der Waals surface area contributed by atoms with Crippen LogP contribution in [0.15, 0.2) is 71.5 Å². The van der Waals surface area contributed by atoms with Crippen LogP contribution in [-0.4, -0.2) is 24.6 Å². The molecule has 1 aromatic heterocycles. The van der Waals surface area contributed by atoms with Crippen molar-refractivity contribution in [3.63, 3.8) is 0 Å². The van der Waals surface area contributed by atoms with Crippen molar-refractivity contribution in [2.45, 2.75) is 13.0 Å². The molecule has 3 aromatic rings. The minimum Gasteiger partial charge on any atom is -0.493 e. The molecule has 1 N–H and O–H groups in total. The zero-order valence-electron chi connectivity index (χ0n) is 15.7. The molecular weight excluding hydrogens is 420 g/mol. The molecule has 28 heavy (non-hydrogen) atoms. The highest BCUT2D eigenvalue weighted by Gasteiger charge is 2.20. The summed E-state index contributed by atoms with van der Waals surface area (Å²) in [4.78, 5) is 17.1. The van der Waals surface area contributed by atoms with Gasteiger partial charge in [-0.1, -0.05) is 30.3 Å². The molecule has 144 valence electrons. The highest BCUT2D eigenvalue weighted by Crippen LogP contribution is 2.37. The first-order chi connectivity index (χ1) is 13.6. The topological polar surface area (TPSA) is 60.5 Å². The van der Waals surface area contributed by atoms with Gasteiger partial charge in [-0.25, -0.2) is 0 Å². The van der Waals surface area contributed by atoms with Gasteiger partial charge in [-0.2, -0.15) is 0 Å². The van der Waals surface area contributed by atoms with E-state index in [2.05, 4.69) is 26.2 Å². The molecule has 0 radical (unpaired) electrons. The number of aromatic nitrogens is 1. The molecule has 0 aliphatic rings. The standard InChI is InChI=1S/C22H21BrN2O3/c1-3-28-21-18(23)13-17(14-19(21)27-2)22(26)25-20(15-7-5-4-6-8-15)16-9-11-24-12-10-16/h4-14,20H,3H2,1-2H3,(H,25,26). The lowest BCUT2D eigenvalue weighted by atomic mass is 9.99. The minimum absolute atomic E-state index is 0.215. The largest absolute Gasteiger partial charge is 0.493 e. The first-order valence-corrected chi connectivity index (χ1v) is 9.69. The Morgan fingerprint density at radius 2 is 1.79 bits per heavy atom. The van der Waals surface area contributed by atoms with Crippen LogP contribution in [0.25, 0.3) is 0 Å². The Morgan fingerprint density at radius 1 is 1.11 bits per heavy atom. The molecule has 1 atom stereocenters. The molecule has 1 unspecified atom stereocenters. The van der Waals surface area contributed by atoms with Crippen LogP contribution in [0.1, 0.15) is 34.5 Å². The van der Waals surface area contributed by atoms with Crippen LogP contribution >= 0.6 is 15.9 Å². The van der Waals surface area contributed by atoms with Gasteiger partial charge in [0.15, 0.2) is 11.5 Å². The van der Waals surface area contributed by atoms with E-state index in [1.165, 1.54) is 0 Å². The molecule has 6 heteroatoms. The van der Waals surface area contributed by atoms with Gasteiger partial charge >= 0.3 is 0 Å². The molecule has 2 aromatic carbocycles. The first kappa shape index (κ1) is 19.9. The van der Waals surface area contributed by atoms with Crippen LogP contribution in [0, 0.1) is 0 Å². The average Bonchev–Trinajstić information content (AvgIpc) is 2.74. The van der Waals surface area contributed by atoms with E-state index in [-0.39, 0.29) is 11.9 Å². The zero-order chi connectivity index (χ0) is 19.9. The molecule has 0 fully saturated rings. The van der Waals surface area contributed by atoms with Gasteiger partial charge in [0.05, 0.1) is 24.2 Å². The Labute approximate surface area is 172 Å². The number of pyridine rings is 1. The zero-order valence-corrected chi connectivity index (χ0v) is 17.3. The molecule has 0 bridgehead atoms. The van der Waals surface area contributed by atoms with Gasteiger partial charge in [-0.15, -0.1) is 0 Å². The van der Waals surface area contributed by atoms with E-state index >= 15 is 0 Å². The number of benzene rings is 2. The maximum Gasteiger partial charge on any atom is 0.252 e. The second kappa shape index (κ2) is 9.37. The number of halogens is 1. The van der Waals surface area contributed by atoms with E-state index in [4.69, 9.17) is 9.47 Å². The van der Waals surface area contributed by atoms with Crippen LogP contribution in [0.3, 0.4) is 0 Å². The third-order valence-corrected chi connectivity index (χ3v) is 4.82. The van der Waals surface area contributed by atoms with Crippen molar-refractivity contribution < 1.29 is 14.3 Å². The van der Waals surface area contributed by atoms with Crippen molar-refractivity contribution in [2.24, 2.45) is 0 Å². The lowest BCUT2D eigenvalue weighted by Gasteiger charge is -2.20. The quantitative estimate of drug-likeness (QED) is 0.574. The average molecular weight is 441 g/mol. The van der Waals surface area contributed by atoms with Crippen LogP contribution < -0.4 is 14.8 Å². The van der Waals surface area contributed by atoms with Crippen molar-refractivity contribution in [3.8, 4) is 11.5 Å². The van der Waals surface area contributed by atoms with Crippen LogP contribution in [-0.2, 0) is 0 Å². The number of nitrogens with zero attached hydrogens (tertiary/aromatic N) is 1. The first-order valence-electron chi connectivity index (χ1n) is 8.90. The van der Waals surface area contributed by atoms with Crippen molar-refractivity contribution in [2.75, 3.05) is 13.7 Å². The lowest BCUT2D eigenvalue weighted by Crippen LogP contribution is -2.29. The Kier molecular flexibility index (Phi) is 6.66. The molecule has 0 aliphatic carbocycles. The fourth-order valence-corrected chi connectivity index (χ4v) is 3.47. The van der Waals surface area contributed by atoms with Gasteiger partial charge in [0.25, 0.3) is 5.91 Å². The number of rotatable bonds is 7. The highest BCUT2D eigenvalue weighted by atomic mass is 79.9. The monoisotopic (exact) mass is 440 g/mol. The Hall–Kier alpha value is -2.86. The number of amides is 1. The van der Waals surface area contributed by atoms with Crippen molar-refractivity contribution in [1.29, 1.82) is 0 Å². The normalized spacial score (nSPS) is 11.5. The third kappa shape index (κ3) is 4.51. The summed E-state index contributed by atoms with van der Waals surface area (Å²) in [6, 6.07) is 16.7. The highest BCUT2D eigenvalue weighted by molar-refractivity contribution is 9.10. The summed E-state index contributed by atoms with van der Waals surface area (Å²) >= 11 is 3.47. The minimum atomic E-state index is -0.298. The van der Waals surface area contributed by atoms with Gasteiger partial charge in [0.1, 0.15) is 0 Å². The van der Waals surface area contributed by atoms with Crippen molar-refractivity contribution >= 4 is 21.8 Å². The van der Waals surface area contributed by atoms with Gasteiger partial charge in [0.2, 0.25) is 0 Å². The predicted molar refractivity (Wildman–Crippen MR) is 112 cm³/mol.